The Labute approximate surface area is 75.7 Å². The average Bonchev–Trinajstić information content (AvgIpc) is 2.16. The van der Waals surface area contributed by atoms with Crippen LogP contribution in [0.5, 0.6) is 0 Å². The van der Waals surface area contributed by atoms with Crippen molar-refractivity contribution in [3.05, 3.63) is 47.2 Å². The van der Waals surface area contributed by atoms with E-state index in [9.17, 15) is 0 Å². The maximum Gasteiger partial charge on any atom is 0.183 e. The zero-order valence-corrected chi connectivity index (χ0v) is 8.74. The second-order valence-corrected chi connectivity index (χ2v) is 3.99. The van der Waals surface area contributed by atoms with Crippen molar-refractivity contribution in [3.63, 3.8) is 0 Å². The Hall–Kier alpha value is -0.863. The van der Waals surface area contributed by atoms with Gasteiger partial charge in [-0.3, -0.25) is 0 Å². The van der Waals surface area contributed by atoms with Crippen LogP contribution >= 0.6 is 0 Å². The van der Waals surface area contributed by atoms with Gasteiger partial charge in [-0.2, -0.15) is 0 Å². The van der Waals surface area contributed by atoms with Crippen molar-refractivity contribution in [3.8, 4) is 0 Å². The standard InChI is InChI=1S/C10H14OSi/c1-2-10(12-11)8-9-6-4-3-5-7-9/h2-7,11H,8,12H2,1H3. The van der Waals surface area contributed by atoms with Gasteiger partial charge in [0.25, 0.3) is 0 Å². The minimum absolute atomic E-state index is 0.917. The topological polar surface area (TPSA) is 20.2 Å². The van der Waals surface area contributed by atoms with Gasteiger partial charge in [0.1, 0.15) is 0 Å². The molecule has 0 aromatic heterocycles. The van der Waals surface area contributed by atoms with Crippen LogP contribution in [0.15, 0.2) is 41.6 Å². The number of hydrogen-bond donors (Lipinski definition) is 1. The van der Waals surface area contributed by atoms with Crippen LogP contribution in [0.4, 0.5) is 0 Å². The third-order valence-corrected chi connectivity index (χ3v) is 2.95. The van der Waals surface area contributed by atoms with Crippen molar-refractivity contribution in [1.29, 1.82) is 0 Å². The maximum atomic E-state index is 9.06. The molecule has 0 amide bonds. The monoisotopic (exact) mass is 178 g/mol. The molecule has 1 aromatic rings. The molecule has 0 aliphatic rings. The molecule has 0 radical (unpaired) electrons. The van der Waals surface area contributed by atoms with E-state index in [4.69, 9.17) is 4.80 Å². The molecule has 0 aliphatic carbocycles. The van der Waals surface area contributed by atoms with Crippen LogP contribution in [0.1, 0.15) is 12.5 Å². The zero-order valence-electron chi connectivity index (χ0n) is 7.33. The van der Waals surface area contributed by atoms with Gasteiger partial charge in [0, 0.05) is 0 Å². The van der Waals surface area contributed by atoms with Gasteiger partial charge in [-0.15, -0.1) is 0 Å². The summed E-state index contributed by atoms with van der Waals surface area (Å²) in [5, 5.41) is 1.21. The molecule has 0 bridgehead atoms. The van der Waals surface area contributed by atoms with Gasteiger partial charge in [-0.25, -0.2) is 0 Å². The summed E-state index contributed by atoms with van der Waals surface area (Å²) in [6.07, 6.45) is 2.94. The Balaban J connectivity index is 2.64. The van der Waals surface area contributed by atoms with Gasteiger partial charge < -0.3 is 4.80 Å². The summed E-state index contributed by atoms with van der Waals surface area (Å²) in [5.74, 6) is 0. The highest BCUT2D eigenvalue weighted by molar-refractivity contribution is 6.36. The Bertz CT molecular complexity index is 254. The normalized spacial score (nSPS) is 12.7. The molecular weight excluding hydrogens is 164 g/mol. The summed E-state index contributed by atoms with van der Waals surface area (Å²) in [5.41, 5.74) is 1.28. The molecular formula is C10H14OSi. The fourth-order valence-corrected chi connectivity index (χ4v) is 1.69. The molecule has 0 heterocycles. The van der Waals surface area contributed by atoms with Crippen molar-refractivity contribution in [1.82, 2.24) is 0 Å². The Morgan fingerprint density at radius 2 is 2.08 bits per heavy atom. The molecule has 0 saturated heterocycles. The van der Waals surface area contributed by atoms with Gasteiger partial charge in [-0.1, -0.05) is 41.6 Å². The highest BCUT2D eigenvalue weighted by Gasteiger charge is 1.96. The highest BCUT2D eigenvalue weighted by Crippen LogP contribution is 2.05. The molecule has 1 N–H and O–H groups in total. The quantitative estimate of drug-likeness (QED) is 0.690. The van der Waals surface area contributed by atoms with E-state index in [0.717, 1.165) is 6.42 Å². The lowest BCUT2D eigenvalue weighted by atomic mass is 10.1. The van der Waals surface area contributed by atoms with Crippen molar-refractivity contribution in [2.24, 2.45) is 0 Å². The zero-order chi connectivity index (χ0) is 8.81. The number of rotatable bonds is 3. The molecule has 0 saturated carbocycles. The molecule has 1 rings (SSSR count). The summed E-state index contributed by atoms with van der Waals surface area (Å²) in [4.78, 5) is 9.06. The van der Waals surface area contributed by atoms with E-state index in [1.807, 2.05) is 31.2 Å². The lowest BCUT2D eigenvalue weighted by molar-refractivity contribution is 0.609. The smallest absolute Gasteiger partial charge is 0.183 e. The lowest BCUT2D eigenvalue weighted by Crippen LogP contribution is -1.98. The first-order valence-electron chi connectivity index (χ1n) is 4.15. The highest BCUT2D eigenvalue weighted by atomic mass is 28.2. The van der Waals surface area contributed by atoms with E-state index < -0.39 is 9.76 Å². The van der Waals surface area contributed by atoms with Crippen molar-refractivity contribution >= 4 is 9.76 Å². The van der Waals surface area contributed by atoms with E-state index in [1.54, 1.807) is 0 Å². The molecule has 0 atom stereocenters. The largest absolute Gasteiger partial charge is 0.434 e. The number of hydrogen-bond acceptors (Lipinski definition) is 1. The Kier molecular flexibility index (Phi) is 3.77. The van der Waals surface area contributed by atoms with E-state index >= 15 is 0 Å². The van der Waals surface area contributed by atoms with Crippen LogP contribution in [0.2, 0.25) is 0 Å². The van der Waals surface area contributed by atoms with Crippen LogP contribution in [-0.4, -0.2) is 14.6 Å². The Morgan fingerprint density at radius 1 is 1.42 bits per heavy atom. The molecule has 0 unspecified atom stereocenters. The first-order chi connectivity index (χ1) is 5.86. The van der Waals surface area contributed by atoms with Gasteiger partial charge in [0.15, 0.2) is 9.76 Å². The van der Waals surface area contributed by atoms with Gasteiger partial charge >= 0.3 is 0 Å². The summed E-state index contributed by atoms with van der Waals surface area (Å²) in [6.45, 7) is 1.99. The average molecular weight is 178 g/mol. The van der Waals surface area contributed by atoms with Gasteiger partial charge in [-0.05, 0) is 18.9 Å². The van der Waals surface area contributed by atoms with Crippen LogP contribution in [0, 0.1) is 0 Å². The summed E-state index contributed by atoms with van der Waals surface area (Å²) >= 11 is 0. The SMILES string of the molecule is CC=C(Cc1ccccc1)[SiH2]O. The van der Waals surface area contributed by atoms with Crippen LogP contribution < -0.4 is 0 Å². The fourth-order valence-electron chi connectivity index (χ4n) is 1.11. The van der Waals surface area contributed by atoms with Gasteiger partial charge in [0.05, 0.1) is 0 Å². The molecule has 64 valence electrons. The third kappa shape index (κ3) is 2.64. The minimum Gasteiger partial charge on any atom is -0.434 e. The molecule has 0 spiro atoms. The summed E-state index contributed by atoms with van der Waals surface area (Å²) in [7, 11) is -0.955. The predicted molar refractivity (Wildman–Crippen MR) is 54.7 cm³/mol. The first-order valence-corrected chi connectivity index (χ1v) is 5.49. The first kappa shape index (κ1) is 9.23. The molecule has 1 nitrogen and oxygen atoms in total. The van der Waals surface area contributed by atoms with Crippen LogP contribution in [-0.2, 0) is 6.42 Å². The van der Waals surface area contributed by atoms with Crippen molar-refractivity contribution in [2.45, 2.75) is 13.3 Å². The van der Waals surface area contributed by atoms with E-state index in [-0.39, 0.29) is 0 Å². The number of allylic oxidation sites excluding steroid dienone is 2. The van der Waals surface area contributed by atoms with E-state index in [1.165, 1.54) is 10.8 Å². The molecule has 1 aromatic carbocycles. The summed E-state index contributed by atoms with van der Waals surface area (Å²) in [6, 6.07) is 10.2. The fraction of sp³-hybridized carbons (Fsp3) is 0.200. The van der Waals surface area contributed by atoms with Crippen molar-refractivity contribution < 1.29 is 4.80 Å². The third-order valence-electron chi connectivity index (χ3n) is 1.89. The lowest BCUT2D eigenvalue weighted by Gasteiger charge is -2.01. The minimum atomic E-state index is -0.955. The van der Waals surface area contributed by atoms with Gasteiger partial charge in [0.2, 0.25) is 0 Å². The second kappa shape index (κ2) is 4.90. The maximum absolute atomic E-state index is 9.06. The van der Waals surface area contributed by atoms with Crippen LogP contribution in [0.25, 0.3) is 0 Å². The van der Waals surface area contributed by atoms with Crippen molar-refractivity contribution in [2.75, 3.05) is 0 Å². The van der Waals surface area contributed by atoms with E-state index in [0.29, 0.717) is 0 Å². The molecule has 2 heteroatoms. The molecule has 0 fully saturated rings. The Morgan fingerprint density at radius 3 is 2.58 bits per heavy atom. The van der Waals surface area contributed by atoms with E-state index in [2.05, 4.69) is 12.1 Å². The number of benzene rings is 1. The molecule has 12 heavy (non-hydrogen) atoms. The predicted octanol–water partition coefficient (Wildman–Crippen LogP) is 1.21. The molecule has 0 aliphatic heterocycles. The second-order valence-electron chi connectivity index (χ2n) is 2.77. The summed E-state index contributed by atoms with van der Waals surface area (Å²) < 4.78 is 0. The van der Waals surface area contributed by atoms with Crippen LogP contribution in [0.3, 0.4) is 0 Å².